The summed E-state index contributed by atoms with van der Waals surface area (Å²) in [5.74, 6) is -0.287. The number of unbranched alkanes of at least 4 members (excludes halogenated alkanes) is 11. The molecule has 0 heterocycles. The van der Waals surface area contributed by atoms with Gasteiger partial charge in [0.1, 0.15) is 12.7 Å². The quantitative estimate of drug-likeness (QED) is 0.161. The monoisotopic (exact) mass is 380 g/mol. The molecule has 0 spiro atoms. The molecule has 0 aliphatic carbocycles. The topological polar surface area (TPSA) is 66.8 Å². The van der Waals surface area contributed by atoms with E-state index < -0.39 is 6.10 Å². The third-order valence-corrected chi connectivity index (χ3v) is 4.29. The van der Waals surface area contributed by atoms with Crippen molar-refractivity contribution in [2.24, 2.45) is 0 Å². The fourth-order valence-corrected chi connectivity index (χ4v) is 2.65. The number of allylic oxidation sites excluding steroid dienone is 2. The van der Waals surface area contributed by atoms with Crippen molar-refractivity contribution in [2.75, 3.05) is 13.2 Å². The number of aliphatic hydroxyl groups excluding tert-OH is 2. The molecule has 0 aromatic rings. The minimum atomic E-state index is -0.960. The summed E-state index contributed by atoms with van der Waals surface area (Å²) in [7, 11) is 0. The Morgan fingerprint density at radius 2 is 1.38 bits per heavy atom. The van der Waals surface area contributed by atoms with E-state index in [1.165, 1.54) is 57.8 Å². The Morgan fingerprint density at radius 1 is 0.885 bits per heavy atom. The molecule has 2 N–H and O–H groups in total. The second-order valence-electron chi connectivity index (χ2n) is 6.85. The first-order chi connectivity index (χ1) is 12.2. The van der Waals surface area contributed by atoms with Gasteiger partial charge >= 0.3 is 35.5 Å². The molecule has 1 atom stereocenters. The summed E-state index contributed by atoms with van der Waals surface area (Å²) in [5.41, 5.74) is 0. The van der Waals surface area contributed by atoms with Crippen molar-refractivity contribution >= 4 is 35.5 Å². The fourth-order valence-electron chi connectivity index (χ4n) is 2.65. The minimum absolute atomic E-state index is 0. The van der Waals surface area contributed by atoms with Crippen molar-refractivity contribution in [1.82, 2.24) is 0 Å². The summed E-state index contributed by atoms with van der Waals surface area (Å²) in [4.78, 5) is 11.4. The molecule has 150 valence electrons. The fraction of sp³-hybridized carbons (Fsp3) is 0.857. The third-order valence-electron chi connectivity index (χ3n) is 4.29. The van der Waals surface area contributed by atoms with Crippen molar-refractivity contribution in [2.45, 2.75) is 103 Å². The maximum atomic E-state index is 11.4. The Labute approximate surface area is 183 Å². The molecular formula is C21H41NaO4. The Morgan fingerprint density at radius 3 is 1.92 bits per heavy atom. The normalized spacial score (nSPS) is 12.1. The number of esters is 1. The van der Waals surface area contributed by atoms with E-state index in [9.17, 15) is 4.79 Å². The molecule has 1 unspecified atom stereocenters. The van der Waals surface area contributed by atoms with Crippen LogP contribution in [0, 0.1) is 0 Å². The first-order valence-electron chi connectivity index (χ1n) is 10.3. The average Bonchev–Trinajstić information content (AvgIpc) is 2.62. The van der Waals surface area contributed by atoms with E-state index in [2.05, 4.69) is 19.1 Å². The van der Waals surface area contributed by atoms with Crippen LogP contribution in [0.1, 0.15) is 96.8 Å². The van der Waals surface area contributed by atoms with Gasteiger partial charge in [-0.05, 0) is 32.1 Å². The Hall–Kier alpha value is 0.130. The van der Waals surface area contributed by atoms with Gasteiger partial charge in [-0.3, -0.25) is 4.79 Å². The Kier molecular flexibility index (Phi) is 25.3. The molecule has 0 aromatic heterocycles. The molecule has 0 aromatic carbocycles. The van der Waals surface area contributed by atoms with E-state index >= 15 is 0 Å². The molecule has 0 radical (unpaired) electrons. The molecule has 0 aliphatic heterocycles. The molecule has 0 saturated heterocycles. The average molecular weight is 381 g/mol. The van der Waals surface area contributed by atoms with Crippen molar-refractivity contribution in [3.63, 3.8) is 0 Å². The zero-order valence-corrected chi connectivity index (χ0v) is 16.3. The van der Waals surface area contributed by atoms with Gasteiger partial charge in [-0.15, -0.1) is 0 Å². The van der Waals surface area contributed by atoms with E-state index in [1.54, 1.807) is 0 Å². The zero-order valence-electron chi connectivity index (χ0n) is 16.3. The Bertz CT molecular complexity index is 321. The van der Waals surface area contributed by atoms with E-state index in [0.717, 1.165) is 25.7 Å². The molecule has 0 bridgehead atoms. The van der Waals surface area contributed by atoms with Gasteiger partial charge in [-0.25, -0.2) is 0 Å². The maximum absolute atomic E-state index is 11.4. The van der Waals surface area contributed by atoms with E-state index in [-0.39, 0.29) is 48.7 Å². The SMILES string of the molecule is CCCCCCCC/C=C\CCCCCCCC(=O)OCC(O)CO.[NaH]. The van der Waals surface area contributed by atoms with Crippen LogP contribution in [0.2, 0.25) is 0 Å². The van der Waals surface area contributed by atoms with Crippen LogP contribution in [-0.4, -0.2) is 65.1 Å². The number of carbonyl (C=O) groups is 1. The number of carbonyl (C=O) groups excluding carboxylic acids is 1. The predicted molar refractivity (Wildman–Crippen MR) is 111 cm³/mol. The van der Waals surface area contributed by atoms with Gasteiger partial charge in [0, 0.05) is 6.42 Å². The number of rotatable bonds is 18. The van der Waals surface area contributed by atoms with Crippen molar-refractivity contribution in [3.8, 4) is 0 Å². The first kappa shape index (κ1) is 28.3. The van der Waals surface area contributed by atoms with Gasteiger partial charge in [-0.2, -0.15) is 0 Å². The Balaban J connectivity index is 0. The predicted octanol–water partition coefficient (Wildman–Crippen LogP) is 4.27. The van der Waals surface area contributed by atoms with E-state index in [1.807, 2.05) is 0 Å². The molecule has 0 aliphatic rings. The summed E-state index contributed by atoms with van der Waals surface area (Å²) in [6, 6.07) is 0. The molecule has 4 nitrogen and oxygen atoms in total. The summed E-state index contributed by atoms with van der Waals surface area (Å²) in [6.07, 6.45) is 20.1. The van der Waals surface area contributed by atoms with Crippen LogP contribution in [0.5, 0.6) is 0 Å². The number of hydrogen-bond acceptors (Lipinski definition) is 4. The number of ether oxygens (including phenoxy) is 1. The van der Waals surface area contributed by atoms with Gasteiger partial charge in [0.25, 0.3) is 0 Å². The van der Waals surface area contributed by atoms with Crippen LogP contribution in [-0.2, 0) is 9.53 Å². The van der Waals surface area contributed by atoms with E-state index in [0.29, 0.717) is 6.42 Å². The summed E-state index contributed by atoms with van der Waals surface area (Å²) in [5, 5.41) is 17.7. The standard InChI is InChI=1S/C21H40O4.Na.H/c1-2-3-4-5-6-7-8-9-10-11-12-13-14-15-16-17-21(24)25-19-20(23)18-22;;/h9-10,20,22-23H,2-8,11-19H2,1H3;;/b10-9-;;. The molecular weight excluding hydrogens is 339 g/mol. The van der Waals surface area contributed by atoms with Crippen LogP contribution in [0.4, 0.5) is 0 Å². The van der Waals surface area contributed by atoms with Crippen LogP contribution in [0.25, 0.3) is 0 Å². The molecule has 0 saturated carbocycles. The molecule has 5 heteroatoms. The van der Waals surface area contributed by atoms with Crippen molar-refractivity contribution < 1.29 is 19.7 Å². The summed E-state index contributed by atoms with van der Waals surface area (Å²) >= 11 is 0. The van der Waals surface area contributed by atoms with Crippen LogP contribution >= 0.6 is 0 Å². The van der Waals surface area contributed by atoms with Gasteiger partial charge in [0.15, 0.2) is 0 Å². The first-order valence-corrected chi connectivity index (χ1v) is 10.3. The van der Waals surface area contributed by atoms with Crippen LogP contribution < -0.4 is 0 Å². The second-order valence-corrected chi connectivity index (χ2v) is 6.85. The van der Waals surface area contributed by atoms with E-state index in [4.69, 9.17) is 14.9 Å². The molecule has 0 fully saturated rings. The van der Waals surface area contributed by atoms with Crippen molar-refractivity contribution in [3.05, 3.63) is 12.2 Å². The number of aliphatic hydroxyl groups is 2. The van der Waals surface area contributed by atoms with Crippen molar-refractivity contribution in [1.29, 1.82) is 0 Å². The molecule has 0 rings (SSSR count). The third kappa shape index (κ3) is 22.2. The second kappa shape index (κ2) is 23.2. The van der Waals surface area contributed by atoms with Crippen LogP contribution in [0.15, 0.2) is 12.2 Å². The van der Waals surface area contributed by atoms with Gasteiger partial charge < -0.3 is 14.9 Å². The van der Waals surface area contributed by atoms with Crippen LogP contribution in [0.3, 0.4) is 0 Å². The number of hydrogen-bond donors (Lipinski definition) is 2. The molecule has 26 heavy (non-hydrogen) atoms. The zero-order chi connectivity index (χ0) is 18.6. The van der Waals surface area contributed by atoms with Gasteiger partial charge in [0.2, 0.25) is 0 Å². The molecule has 0 amide bonds. The van der Waals surface area contributed by atoms with Gasteiger partial charge in [0.05, 0.1) is 6.61 Å². The summed E-state index contributed by atoms with van der Waals surface area (Å²) in [6.45, 7) is 1.77. The van der Waals surface area contributed by atoms with Gasteiger partial charge in [-0.1, -0.05) is 70.4 Å². The summed E-state index contributed by atoms with van der Waals surface area (Å²) < 4.78 is 4.86.